The molecular formula is C24H33NO4. The summed E-state index contributed by atoms with van der Waals surface area (Å²) in [4.78, 5) is 38.0. The molecule has 1 amide bonds. The molecule has 1 aromatic carbocycles. The average Bonchev–Trinajstić information content (AvgIpc) is 2.90. The molecule has 5 heteroatoms. The predicted molar refractivity (Wildman–Crippen MR) is 113 cm³/mol. The third kappa shape index (κ3) is 8.63. The smallest absolute Gasteiger partial charge is 0.305 e. The topological polar surface area (TPSA) is 63.7 Å². The van der Waals surface area contributed by atoms with Crippen molar-refractivity contribution < 1.29 is 19.1 Å². The standard InChI is InChI=1S/C24H33NO4/c1-29-24(28)15-7-2-3-10-18-25-21(13-8-9-14-23(25)27)16-17-22(26)19-20-11-5-4-6-12-20/h3-6,10-12,21H,2,7-9,13-19H2,1H3/b10-3-. The molecule has 0 aliphatic carbocycles. The average molecular weight is 400 g/mol. The molecule has 0 radical (unpaired) electrons. The molecule has 1 heterocycles. The Balaban J connectivity index is 1.82. The lowest BCUT2D eigenvalue weighted by atomic mass is 9.99. The van der Waals surface area contributed by atoms with Crippen molar-refractivity contribution in [3.05, 3.63) is 48.0 Å². The summed E-state index contributed by atoms with van der Waals surface area (Å²) >= 11 is 0. The monoisotopic (exact) mass is 399 g/mol. The Morgan fingerprint density at radius 2 is 1.93 bits per heavy atom. The fraction of sp³-hybridized carbons (Fsp3) is 0.542. The van der Waals surface area contributed by atoms with Crippen molar-refractivity contribution in [3.8, 4) is 0 Å². The highest BCUT2D eigenvalue weighted by Gasteiger charge is 2.25. The molecular weight excluding hydrogens is 366 g/mol. The van der Waals surface area contributed by atoms with E-state index in [1.54, 1.807) is 0 Å². The van der Waals surface area contributed by atoms with Gasteiger partial charge < -0.3 is 9.64 Å². The minimum absolute atomic E-state index is 0.129. The Bertz CT molecular complexity index is 683. The van der Waals surface area contributed by atoms with E-state index in [4.69, 9.17) is 0 Å². The first-order valence-corrected chi connectivity index (χ1v) is 10.7. The third-order valence-electron chi connectivity index (χ3n) is 5.39. The van der Waals surface area contributed by atoms with Crippen LogP contribution in [0.5, 0.6) is 0 Å². The molecule has 1 saturated heterocycles. The van der Waals surface area contributed by atoms with E-state index in [9.17, 15) is 14.4 Å². The van der Waals surface area contributed by atoms with Gasteiger partial charge in [-0.05, 0) is 37.7 Å². The molecule has 0 bridgehead atoms. The molecule has 1 aromatic rings. The second-order valence-corrected chi connectivity index (χ2v) is 7.63. The fourth-order valence-electron chi connectivity index (χ4n) is 3.72. The largest absolute Gasteiger partial charge is 0.469 e. The van der Waals surface area contributed by atoms with Crippen molar-refractivity contribution in [3.63, 3.8) is 0 Å². The highest BCUT2D eigenvalue weighted by molar-refractivity contribution is 5.81. The SMILES string of the molecule is COC(=O)CCC/C=C\CN1C(=O)CCCCC1CCC(=O)Cc1ccccc1. The van der Waals surface area contributed by atoms with E-state index in [2.05, 4.69) is 4.74 Å². The molecule has 29 heavy (non-hydrogen) atoms. The molecule has 1 atom stereocenters. The first kappa shape index (κ1) is 22.9. The Labute approximate surface area is 174 Å². The number of ketones is 1. The van der Waals surface area contributed by atoms with E-state index in [1.165, 1.54) is 7.11 Å². The normalized spacial score (nSPS) is 17.3. The number of methoxy groups -OCH3 is 1. The lowest BCUT2D eigenvalue weighted by Crippen LogP contribution is -2.39. The number of amides is 1. The lowest BCUT2D eigenvalue weighted by Gasteiger charge is -2.29. The molecule has 0 saturated carbocycles. The van der Waals surface area contributed by atoms with Crippen molar-refractivity contribution in [1.82, 2.24) is 4.90 Å². The van der Waals surface area contributed by atoms with Crippen LogP contribution >= 0.6 is 0 Å². The van der Waals surface area contributed by atoms with Gasteiger partial charge in [0.25, 0.3) is 0 Å². The molecule has 2 rings (SSSR count). The number of hydrogen-bond donors (Lipinski definition) is 0. The minimum Gasteiger partial charge on any atom is -0.469 e. The van der Waals surface area contributed by atoms with Gasteiger partial charge in [-0.25, -0.2) is 0 Å². The van der Waals surface area contributed by atoms with E-state index in [1.807, 2.05) is 47.4 Å². The maximum absolute atomic E-state index is 12.6. The van der Waals surface area contributed by atoms with Crippen LogP contribution in [0.1, 0.15) is 63.4 Å². The van der Waals surface area contributed by atoms with E-state index in [0.717, 1.165) is 44.1 Å². The highest BCUT2D eigenvalue weighted by atomic mass is 16.5. The van der Waals surface area contributed by atoms with Crippen LogP contribution in [0.25, 0.3) is 0 Å². The predicted octanol–water partition coefficient (Wildman–Crippen LogP) is 4.25. The zero-order valence-electron chi connectivity index (χ0n) is 17.5. The van der Waals surface area contributed by atoms with Crippen LogP contribution < -0.4 is 0 Å². The van der Waals surface area contributed by atoms with Gasteiger partial charge in [0, 0.05) is 38.3 Å². The van der Waals surface area contributed by atoms with Gasteiger partial charge in [-0.15, -0.1) is 0 Å². The zero-order chi connectivity index (χ0) is 20.9. The van der Waals surface area contributed by atoms with Crippen LogP contribution in [0.4, 0.5) is 0 Å². The minimum atomic E-state index is -0.193. The van der Waals surface area contributed by atoms with E-state index >= 15 is 0 Å². The first-order valence-electron chi connectivity index (χ1n) is 10.7. The summed E-state index contributed by atoms with van der Waals surface area (Å²) in [7, 11) is 1.40. The maximum Gasteiger partial charge on any atom is 0.305 e. The van der Waals surface area contributed by atoms with Gasteiger partial charge in [-0.3, -0.25) is 14.4 Å². The van der Waals surface area contributed by atoms with E-state index in [-0.39, 0.29) is 23.7 Å². The van der Waals surface area contributed by atoms with Crippen molar-refractivity contribution in [1.29, 1.82) is 0 Å². The quantitative estimate of drug-likeness (QED) is 0.317. The van der Waals surface area contributed by atoms with Crippen LogP contribution in [-0.4, -0.2) is 42.3 Å². The number of likely N-dealkylation sites (tertiary alicyclic amines) is 1. The molecule has 1 fully saturated rings. The third-order valence-corrected chi connectivity index (χ3v) is 5.39. The van der Waals surface area contributed by atoms with Gasteiger partial charge in [-0.1, -0.05) is 48.9 Å². The number of carbonyl (C=O) groups excluding carboxylic acids is 3. The summed E-state index contributed by atoms with van der Waals surface area (Å²) < 4.78 is 4.63. The van der Waals surface area contributed by atoms with E-state index in [0.29, 0.717) is 32.2 Å². The first-order chi connectivity index (χ1) is 14.1. The fourth-order valence-corrected chi connectivity index (χ4v) is 3.72. The maximum atomic E-state index is 12.6. The van der Waals surface area contributed by atoms with Gasteiger partial charge in [-0.2, -0.15) is 0 Å². The lowest BCUT2D eigenvalue weighted by molar-refractivity contribution is -0.140. The summed E-state index contributed by atoms with van der Waals surface area (Å²) in [6, 6.07) is 9.93. The molecule has 0 spiro atoms. The van der Waals surface area contributed by atoms with Crippen LogP contribution in [0, 0.1) is 0 Å². The molecule has 0 aromatic heterocycles. The molecule has 1 aliphatic rings. The summed E-state index contributed by atoms with van der Waals surface area (Å²) in [5.74, 6) is 0.217. The van der Waals surface area contributed by atoms with Gasteiger partial charge in [0.05, 0.1) is 7.11 Å². The van der Waals surface area contributed by atoms with Gasteiger partial charge in [0.2, 0.25) is 5.91 Å². The number of Topliss-reactive ketones (excluding diaryl/α,β-unsaturated/α-hetero) is 1. The number of allylic oxidation sites excluding steroid dienone is 1. The second-order valence-electron chi connectivity index (χ2n) is 7.63. The molecule has 1 unspecified atom stereocenters. The summed E-state index contributed by atoms with van der Waals surface area (Å²) in [6.07, 6.45) is 11.2. The van der Waals surface area contributed by atoms with Crippen molar-refractivity contribution >= 4 is 17.7 Å². The number of carbonyl (C=O) groups is 3. The summed E-state index contributed by atoms with van der Waals surface area (Å²) in [5, 5.41) is 0. The summed E-state index contributed by atoms with van der Waals surface area (Å²) in [5.41, 5.74) is 1.04. The molecule has 1 aliphatic heterocycles. The van der Waals surface area contributed by atoms with Crippen LogP contribution in [0.2, 0.25) is 0 Å². The molecule has 158 valence electrons. The second kappa shape index (κ2) is 12.9. The molecule has 5 nitrogen and oxygen atoms in total. The number of nitrogens with zero attached hydrogens (tertiary/aromatic N) is 1. The number of esters is 1. The Kier molecular flexibility index (Phi) is 10.2. The van der Waals surface area contributed by atoms with Crippen LogP contribution in [0.15, 0.2) is 42.5 Å². The zero-order valence-corrected chi connectivity index (χ0v) is 17.5. The highest BCUT2D eigenvalue weighted by Crippen LogP contribution is 2.22. The van der Waals surface area contributed by atoms with Gasteiger partial charge >= 0.3 is 5.97 Å². The number of unbranched alkanes of at least 4 members (excludes halogenated alkanes) is 1. The van der Waals surface area contributed by atoms with Gasteiger partial charge in [0.1, 0.15) is 5.78 Å². The number of rotatable bonds is 11. The van der Waals surface area contributed by atoms with E-state index < -0.39 is 0 Å². The van der Waals surface area contributed by atoms with Gasteiger partial charge in [0.15, 0.2) is 0 Å². The molecule has 0 N–H and O–H groups in total. The number of hydrogen-bond acceptors (Lipinski definition) is 4. The van der Waals surface area contributed by atoms with Crippen molar-refractivity contribution in [2.24, 2.45) is 0 Å². The van der Waals surface area contributed by atoms with Crippen molar-refractivity contribution in [2.75, 3.05) is 13.7 Å². The summed E-state index contributed by atoms with van der Waals surface area (Å²) in [6.45, 7) is 0.578. The van der Waals surface area contributed by atoms with Crippen LogP contribution in [-0.2, 0) is 25.5 Å². The van der Waals surface area contributed by atoms with Crippen LogP contribution in [0.3, 0.4) is 0 Å². The Hall–Kier alpha value is -2.43. The Morgan fingerprint density at radius 3 is 2.69 bits per heavy atom. The van der Waals surface area contributed by atoms with Crippen molar-refractivity contribution in [2.45, 2.75) is 70.3 Å². The Morgan fingerprint density at radius 1 is 1.14 bits per heavy atom. The number of benzene rings is 1. The number of ether oxygens (including phenoxy) is 1.